The van der Waals surface area contributed by atoms with E-state index in [0.29, 0.717) is 10.7 Å². The lowest BCUT2D eigenvalue weighted by Crippen LogP contribution is -2.23. The van der Waals surface area contributed by atoms with Crippen molar-refractivity contribution in [3.63, 3.8) is 0 Å². The maximum absolute atomic E-state index is 11.7. The third kappa shape index (κ3) is 4.22. The lowest BCUT2D eigenvalue weighted by atomic mass is 10.2. The van der Waals surface area contributed by atoms with Gasteiger partial charge >= 0.3 is 0 Å². The SMILES string of the molecule is O=C(COc1cccc(C(=O)[O-])c1)Nc1ccccc1Cl. The second kappa shape index (κ2) is 6.76. The molecule has 6 heteroatoms. The van der Waals surface area contributed by atoms with Crippen LogP contribution in [0.4, 0.5) is 5.69 Å². The van der Waals surface area contributed by atoms with E-state index < -0.39 is 11.9 Å². The maximum Gasteiger partial charge on any atom is 0.262 e. The van der Waals surface area contributed by atoms with Gasteiger partial charge in [-0.2, -0.15) is 0 Å². The van der Waals surface area contributed by atoms with Gasteiger partial charge < -0.3 is 20.0 Å². The number of hydrogen-bond acceptors (Lipinski definition) is 4. The molecule has 1 amide bonds. The van der Waals surface area contributed by atoms with E-state index in [1.165, 1.54) is 18.2 Å². The highest BCUT2D eigenvalue weighted by Gasteiger charge is 2.06. The van der Waals surface area contributed by atoms with Gasteiger partial charge in [0.25, 0.3) is 5.91 Å². The Labute approximate surface area is 126 Å². The molecule has 5 nitrogen and oxygen atoms in total. The van der Waals surface area contributed by atoms with Crippen LogP contribution in [0.5, 0.6) is 5.75 Å². The normalized spacial score (nSPS) is 9.95. The van der Waals surface area contributed by atoms with E-state index in [1.54, 1.807) is 30.3 Å². The molecule has 0 saturated heterocycles. The Balaban J connectivity index is 1.94. The van der Waals surface area contributed by atoms with E-state index in [1.807, 2.05) is 0 Å². The van der Waals surface area contributed by atoms with Crippen molar-refractivity contribution in [1.82, 2.24) is 0 Å². The maximum atomic E-state index is 11.7. The summed E-state index contributed by atoms with van der Waals surface area (Å²) in [5.41, 5.74) is 0.468. The predicted octanol–water partition coefficient (Wildman–Crippen LogP) is 1.72. The molecule has 0 aliphatic rings. The third-order valence-corrected chi connectivity index (χ3v) is 2.92. The number of carboxylic acids is 1. The minimum atomic E-state index is -1.30. The number of carbonyl (C=O) groups excluding carboxylic acids is 2. The standard InChI is InChI=1S/C15H12ClNO4/c16-12-6-1-2-7-13(12)17-14(18)9-21-11-5-3-4-10(8-11)15(19)20/h1-8H,9H2,(H,17,18)(H,19,20)/p-1. The first-order chi connectivity index (χ1) is 10.1. The van der Waals surface area contributed by atoms with Gasteiger partial charge in [0.1, 0.15) is 5.75 Å². The number of aromatic carboxylic acids is 1. The molecule has 0 saturated carbocycles. The number of anilines is 1. The quantitative estimate of drug-likeness (QED) is 0.912. The number of amides is 1. The van der Waals surface area contributed by atoms with Gasteiger partial charge in [0.2, 0.25) is 0 Å². The topological polar surface area (TPSA) is 78.5 Å². The molecule has 0 aromatic heterocycles. The molecule has 0 bridgehead atoms. The molecule has 0 fully saturated rings. The predicted molar refractivity (Wildman–Crippen MR) is 76.3 cm³/mol. The van der Waals surface area contributed by atoms with Crippen molar-refractivity contribution < 1.29 is 19.4 Å². The first-order valence-electron chi connectivity index (χ1n) is 6.05. The molecule has 0 unspecified atom stereocenters. The summed E-state index contributed by atoms with van der Waals surface area (Å²) in [6.45, 7) is -0.262. The van der Waals surface area contributed by atoms with Crippen LogP contribution in [0.2, 0.25) is 5.02 Å². The summed E-state index contributed by atoms with van der Waals surface area (Å²) in [6, 6.07) is 12.5. The lowest BCUT2D eigenvalue weighted by molar-refractivity contribution is -0.255. The first-order valence-corrected chi connectivity index (χ1v) is 6.42. The van der Waals surface area contributed by atoms with Gasteiger partial charge in [-0.05, 0) is 24.3 Å². The fourth-order valence-electron chi connectivity index (χ4n) is 1.61. The van der Waals surface area contributed by atoms with Crippen LogP contribution in [-0.2, 0) is 4.79 Å². The van der Waals surface area contributed by atoms with Gasteiger partial charge in [0.15, 0.2) is 6.61 Å². The zero-order chi connectivity index (χ0) is 15.2. The molecule has 2 aromatic carbocycles. The van der Waals surface area contributed by atoms with Crippen LogP contribution in [0.1, 0.15) is 10.4 Å². The second-order valence-electron chi connectivity index (χ2n) is 4.13. The van der Waals surface area contributed by atoms with Crippen LogP contribution in [-0.4, -0.2) is 18.5 Å². The van der Waals surface area contributed by atoms with E-state index in [-0.39, 0.29) is 17.9 Å². The summed E-state index contributed by atoms with van der Waals surface area (Å²) in [7, 11) is 0. The van der Waals surface area contributed by atoms with Gasteiger partial charge in [-0.15, -0.1) is 0 Å². The molecule has 1 N–H and O–H groups in total. The monoisotopic (exact) mass is 304 g/mol. The first kappa shape index (κ1) is 14.9. The number of para-hydroxylation sites is 1. The lowest BCUT2D eigenvalue weighted by Gasteiger charge is -2.10. The Morgan fingerprint density at radius 3 is 2.62 bits per heavy atom. The minimum absolute atomic E-state index is 0.0148. The van der Waals surface area contributed by atoms with Crippen molar-refractivity contribution in [1.29, 1.82) is 0 Å². The van der Waals surface area contributed by atoms with Crippen molar-refractivity contribution in [2.45, 2.75) is 0 Å². The molecule has 0 heterocycles. The number of benzene rings is 2. The molecule has 108 valence electrons. The molecule has 0 atom stereocenters. The minimum Gasteiger partial charge on any atom is -0.545 e. The zero-order valence-corrected chi connectivity index (χ0v) is 11.6. The van der Waals surface area contributed by atoms with Gasteiger partial charge in [-0.25, -0.2) is 0 Å². The molecule has 0 spiro atoms. The van der Waals surface area contributed by atoms with E-state index >= 15 is 0 Å². The van der Waals surface area contributed by atoms with Crippen molar-refractivity contribution in [3.8, 4) is 5.75 Å². The third-order valence-electron chi connectivity index (χ3n) is 2.59. The largest absolute Gasteiger partial charge is 0.545 e. The average molecular weight is 305 g/mol. The van der Waals surface area contributed by atoms with E-state index in [4.69, 9.17) is 16.3 Å². The molecular formula is C15H11ClNO4-. The Morgan fingerprint density at radius 2 is 1.90 bits per heavy atom. The number of rotatable bonds is 5. The molecule has 2 aromatic rings. The molecular weight excluding hydrogens is 294 g/mol. The number of hydrogen-bond donors (Lipinski definition) is 1. The van der Waals surface area contributed by atoms with Gasteiger partial charge in [0, 0.05) is 5.56 Å². The molecule has 0 aliphatic carbocycles. The molecule has 0 aliphatic heterocycles. The van der Waals surface area contributed by atoms with Crippen molar-refractivity contribution >= 4 is 29.2 Å². The summed E-state index contributed by atoms with van der Waals surface area (Å²) < 4.78 is 5.22. The van der Waals surface area contributed by atoms with Gasteiger partial charge in [0.05, 0.1) is 16.7 Å². The van der Waals surface area contributed by atoms with E-state index in [2.05, 4.69) is 5.32 Å². The average Bonchev–Trinajstić information content (AvgIpc) is 2.48. The Hall–Kier alpha value is -2.53. The van der Waals surface area contributed by atoms with Crippen LogP contribution in [0.15, 0.2) is 48.5 Å². The fraction of sp³-hybridized carbons (Fsp3) is 0.0667. The Morgan fingerprint density at radius 1 is 1.14 bits per heavy atom. The number of carboxylic acid groups (broad SMARTS) is 1. The summed E-state index contributed by atoms with van der Waals surface area (Å²) >= 11 is 5.91. The van der Waals surface area contributed by atoms with E-state index in [9.17, 15) is 14.7 Å². The number of halogens is 1. The number of ether oxygens (including phenoxy) is 1. The van der Waals surface area contributed by atoms with Crippen molar-refractivity contribution in [2.75, 3.05) is 11.9 Å². The van der Waals surface area contributed by atoms with Crippen molar-refractivity contribution in [3.05, 3.63) is 59.1 Å². The molecule has 2 rings (SSSR count). The molecule has 21 heavy (non-hydrogen) atoms. The molecule has 0 radical (unpaired) electrons. The van der Waals surface area contributed by atoms with Crippen molar-refractivity contribution in [2.24, 2.45) is 0 Å². The van der Waals surface area contributed by atoms with Crippen LogP contribution in [0, 0.1) is 0 Å². The van der Waals surface area contributed by atoms with Crippen LogP contribution in [0.25, 0.3) is 0 Å². The summed E-state index contributed by atoms with van der Waals surface area (Å²) in [4.78, 5) is 22.4. The van der Waals surface area contributed by atoms with Crippen LogP contribution < -0.4 is 15.2 Å². The Bertz CT molecular complexity index is 672. The summed E-state index contributed by atoms with van der Waals surface area (Å²) in [6.07, 6.45) is 0. The second-order valence-corrected chi connectivity index (χ2v) is 4.54. The number of carbonyl (C=O) groups is 2. The highest BCUT2D eigenvalue weighted by atomic mass is 35.5. The van der Waals surface area contributed by atoms with Crippen LogP contribution >= 0.6 is 11.6 Å². The Kier molecular flexibility index (Phi) is 4.79. The van der Waals surface area contributed by atoms with Gasteiger partial charge in [-0.3, -0.25) is 4.79 Å². The van der Waals surface area contributed by atoms with Crippen LogP contribution in [0.3, 0.4) is 0 Å². The van der Waals surface area contributed by atoms with E-state index in [0.717, 1.165) is 0 Å². The highest BCUT2D eigenvalue weighted by molar-refractivity contribution is 6.33. The zero-order valence-electron chi connectivity index (χ0n) is 10.8. The van der Waals surface area contributed by atoms with Gasteiger partial charge in [-0.1, -0.05) is 35.9 Å². The summed E-state index contributed by atoms with van der Waals surface area (Å²) in [5.74, 6) is -1.44. The summed E-state index contributed by atoms with van der Waals surface area (Å²) in [5, 5.41) is 13.7. The number of nitrogens with one attached hydrogen (secondary N) is 1. The highest BCUT2D eigenvalue weighted by Crippen LogP contribution is 2.20. The smallest absolute Gasteiger partial charge is 0.262 e. The fourth-order valence-corrected chi connectivity index (χ4v) is 1.79.